The summed E-state index contributed by atoms with van der Waals surface area (Å²) in [5.74, 6) is 0.146. The van der Waals surface area contributed by atoms with Crippen molar-refractivity contribution in [2.75, 3.05) is 18.2 Å². The van der Waals surface area contributed by atoms with Crippen LogP contribution in [0.1, 0.15) is 10.4 Å². The molecule has 21 heavy (non-hydrogen) atoms. The van der Waals surface area contributed by atoms with Crippen molar-refractivity contribution in [2.45, 2.75) is 0 Å². The van der Waals surface area contributed by atoms with Crippen LogP contribution in [-0.2, 0) is 0 Å². The molecule has 0 aliphatic carbocycles. The second-order valence-electron chi connectivity index (χ2n) is 4.16. The summed E-state index contributed by atoms with van der Waals surface area (Å²) in [6.07, 6.45) is 0. The van der Waals surface area contributed by atoms with E-state index in [-0.39, 0.29) is 5.91 Å². The minimum atomic E-state index is -0.282. The Kier molecular flexibility index (Phi) is 5.29. The predicted molar refractivity (Wildman–Crippen MR) is 94.9 cm³/mol. The average Bonchev–Trinajstić information content (AvgIpc) is 2.42. The normalized spacial score (nSPS) is 10.3. The van der Waals surface area contributed by atoms with Crippen LogP contribution in [-0.4, -0.2) is 13.0 Å². The van der Waals surface area contributed by atoms with Crippen molar-refractivity contribution in [1.29, 1.82) is 0 Å². The zero-order valence-corrected chi connectivity index (χ0v) is 15.7. The maximum absolute atomic E-state index is 12.4. The van der Waals surface area contributed by atoms with E-state index in [1.165, 1.54) is 7.11 Å². The van der Waals surface area contributed by atoms with E-state index in [1.54, 1.807) is 18.2 Å². The van der Waals surface area contributed by atoms with Gasteiger partial charge >= 0.3 is 0 Å². The Bertz CT molecular complexity index is 682. The third-order valence-corrected chi connectivity index (χ3v) is 4.42. The Hall–Kier alpha value is -1.05. The van der Waals surface area contributed by atoms with Crippen LogP contribution < -0.4 is 15.8 Å². The van der Waals surface area contributed by atoms with Crippen molar-refractivity contribution in [1.82, 2.24) is 0 Å². The van der Waals surface area contributed by atoms with Gasteiger partial charge in [0.2, 0.25) is 0 Å². The number of nitrogens with one attached hydrogen (secondary N) is 1. The van der Waals surface area contributed by atoms with Gasteiger partial charge in [-0.25, -0.2) is 0 Å². The minimum absolute atomic E-state index is 0.282. The highest BCUT2D eigenvalue weighted by atomic mass is 79.9. The van der Waals surface area contributed by atoms with Crippen molar-refractivity contribution < 1.29 is 9.53 Å². The van der Waals surface area contributed by atoms with Gasteiger partial charge in [-0.1, -0.05) is 15.9 Å². The highest BCUT2D eigenvalue weighted by Gasteiger charge is 2.16. The van der Waals surface area contributed by atoms with Gasteiger partial charge in [-0.2, -0.15) is 0 Å². The summed E-state index contributed by atoms with van der Waals surface area (Å²) in [7, 11) is 1.50. The molecule has 0 radical (unpaired) electrons. The van der Waals surface area contributed by atoms with Crippen LogP contribution in [0.2, 0.25) is 0 Å². The molecule has 1 amide bonds. The first-order valence-corrected chi connectivity index (χ1v) is 8.19. The van der Waals surface area contributed by atoms with Crippen molar-refractivity contribution in [2.24, 2.45) is 0 Å². The summed E-state index contributed by atoms with van der Waals surface area (Å²) in [5, 5.41) is 2.84. The number of ether oxygens (including phenoxy) is 1. The number of hydrogen-bond donors (Lipinski definition) is 2. The van der Waals surface area contributed by atoms with E-state index in [9.17, 15) is 4.79 Å². The molecule has 7 heteroatoms. The molecule has 0 spiro atoms. The number of amides is 1. The number of benzene rings is 2. The molecule has 110 valence electrons. The fourth-order valence-corrected chi connectivity index (χ4v) is 4.19. The van der Waals surface area contributed by atoms with Crippen molar-refractivity contribution in [3.8, 4) is 5.75 Å². The summed E-state index contributed by atoms with van der Waals surface area (Å²) in [6.45, 7) is 0. The number of rotatable bonds is 3. The first-order chi connectivity index (χ1) is 9.92. The minimum Gasteiger partial charge on any atom is -0.496 e. The van der Waals surface area contributed by atoms with E-state index in [4.69, 9.17) is 10.5 Å². The van der Waals surface area contributed by atoms with Crippen LogP contribution in [0, 0.1) is 0 Å². The van der Waals surface area contributed by atoms with Crippen molar-refractivity contribution >= 4 is 65.1 Å². The number of nitrogens with two attached hydrogens (primary N) is 1. The molecule has 0 saturated heterocycles. The number of hydrogen-bond acceptors (Lipinski definition) is 3. The van der Waals surface area contributed by atoms with Gasteiger partial charge in [-0.15, -0.1) is 0 Å². The Morgan fingerprint density at radius 1 is 1.14 bits per heavy atom. The first kappa shape index (κ1) is 16.3. The zero-order chi connectivity index (χ0) is 15.6. The van der Waals surface area contributed by atoms with Gasteiger partial charge < -0.3 is 15.8 Å². The molecule has 0 aliphatic heterocycles. The van der Waals surface area contributed by atoms with Crippen molar-refractivity contribution in [3.05, 3.63) is 49.3 Å². The zero-order valence-electron chi connectivity index (χ0n) is 10.9. The van der Waals surface area contributed by atoms with Crippen LogP contribution in [0.4, 0.5) is 11.4 Å². The van der Waals surface area contributed by atoms with Crippen LogP contribution in [0.15, 0.2) is 43.7 Å². The molecule has 0 aromatic heterocycles. The number of halogens is 3. The second kappa shape index (κ2) is 6.81. The predicted octanol–water partition coefficient (Wildman–Crippen LogP) is 4.82. The number of nitrogen functional groups attached to an aromatic ring is 1. The molecule has 2 aromatic rings. The second-order valence-corrected chi connectivity index (χ2v) is 6.78. The van der Waals surface area contributed by atoms with Gasteiger partial charge in [-0.3, -0.25) is 4.79 Å². The number of carbonyl (C=O) groups excluding carboxylic acids is 1. The lowest BCUT2D eigenvalue weighted by atomic mass is 10.1. The topological polar surface area (TPSA) is 64.3 Å². The number of anilines is 2. The summed E-state index contributed by atoms with van der Waals surface area (Å²) in [4.78, 5) is 12.4. The third kappa shape index (κ3) is 3.78. The maximum atomic E-state index is 12.4. The first-order valence-electron chi connectivity index (χ1n) is 5.81. The Labute approximate surface area is 147 Å². The van der Waals surface area contributed by atoms with Crippen LogP contribution in [0.3, 0.4) is 0 Å². The molecule has 2 aromatic carbocycles. The number of methoxy groups -OCH3 is 1. The molecule has 0 atom stereocenters. The molecule has 4 nitrogen and oxygen atoms in total. The van der Waals surface area contributed by atoms with E-state index in [0.717, 1.165) is 13.4 Å². The summed E-state index contributed by atoms with van der Waals surface area (Å²) in [5.41, 5.74) is 7.28. The lowest BCUT2D eigenvalue weighted by Crippen LogP contribution is -2.14. The van der Waals surface area contributed by atoms with Crippen LogP contribution in [0.5, 0.6) is 5.75 Å². The molecule has 0 fully saturated rings. The molecule has 0 bridgehead atoms. The molecule has 0 unspecified atom stereocenters. The third-order valence-electron chi connectivity index (χ3n) is 2.72. The van der Waals surface area contributed by atoms with Gasteiger partial charge in [0.25, 0.3) is 5.91 Å². The van der Waals surface area contributed by atoms with Gasteiger partial charge in [0.05, 0.1) is 18.4 Å². The van der Waals surface area contributed by atoms with Gasteiger partial charge in [0, 0.05) is 25.2 Å². The van der Waals surface area contributed by atoms with Crippen LogP contribution >= 0.6 is 47.8 Å². The molecule has 0 aliphatic rings. The van der Waals surface area contributed by atoms with E-state index in [0.29, 0.717) is 22.7 Å². The highest BCUT2D eigenvalue weighted by molar-refractivity contribution is 9.11. The summed E-state index contributed by atoms with van der Waals surface area (Å²) in [6, 6.07) is 8.59. The fourth-order valence-electron chi connectivity index (χ4n) is 1.74. The summed E-state index contributed by atoms with van der Waals surface area (Å²) >= 11 is 10.2. The smallest absolute Gasteiger partial charge is 0.259 e. The SMILES string of the molecule is COc1cc(N)ccc1C(=O)Nc1c(Br)cc(Br)cc1Br. The van der Waals surface area contributed by atoms with E-state index < -0.39 is 0 Å². The van der Waals surface area contributed by atoms with E-state index in [1.807, 2.05) is 12.1 Å². The highest BCUT2D eigenvalue weighted by Crippen LogP contribution is 2.35. The largest absolute Gasteiger partial charge is 0.496 e. The van der Waals surface area contributed by atoms with Gasteiger partial charge in [0.15, 0.2) is 0 Å². The average molecular weight is 479 g/mol. The van der Waals surface area contributed by atoms with Crippen molar-refractivity contribution in [3.63, 3.8) is 0 Å². The van der Waals surface area contributed by atoms with E-state index in [2.05, 4.69) is 53.1 Å². The molecule has 0 heterocycles. The molecular formula is C14H11Br3N2O2. The lowest BCUT2D eigenvalue weighted by molar-refractivity contribution is 0.102. The Morgan fingerprint density at radius 2 is 1.76 bits per heavy atom. The quantitative estimate of drug-likeness (QED) is 0.622. The van der Waals surface area contributed by atoms with Crippen LogP contribution in [0.25, 0.3) is 0 Å². The lowest BCUT2D eigenvalue weighted by Gasteiger charge is -2.13. The number of carbonyl (C=O) groups is 1. The monoisotopic (exact) mass is 476 g/mol. The van der Waals surface area contributed by atoms with E-state index >= 15 is 0 Å². The molecule has 3 N–H and O–H groups in total. The van der Waals surface area contributed by atoms with Gasteiger partial charge in [-0.05, 0) is 56.1 Å². The fraction of sp³-hybridized carbons (Fsp3) is 0.0714. The maximum Gasteiger partial charge on any atom is 0.259 e. The molecule has 2 rings (SSSR count). The Balaban J connectivity index is 2.35. The van der Waals surface area contributed by atoms with Gasteiger partial charge in [0.1, 0.15) is 5.75 Å². The standard InChI is InChI=1S/C14H11Br3N2O2/c1-21-12-6-8(18)2-3-9(12)14(20)19-13-10(16)4-7(15)5-11(13)17/h2-6H,18H2,1H3,(H,19,20). The molecular weight excluding hydrogens is 468 g/mol. The summed E-state index contributed by atoms with van der Waals surface area (Å²) < 4.78 is 7.60. The Morgan fingerprint density at radius 3 is 2.33 bits per heavy atom. The molecule has 0 saturated carbocycles.